The molecule has 0 heterocycles. The minimum absolute atomic E-state index is 0.0848. The van der Waals surface area contributed by atoms with Crippen LogP contribution in [0, 0.1) is 10.1 Å². The number of nitrogens with zero attached hydrogens (tertiary/aromatic N) is 2. The Labute approximate surface area is 75.2 Å². The first-order valence-electron chi connectivity index (χ1n) is 3.68. The van der Waals surface area contributed by atoms with Crippen molar-refractivity contribution in [3.63, 3.8) is 0 Å². The van der Waals surface area contributed by atoms with Crippen LogP contribution in [-0.4, -0.2) is 18.2 Å². The number of hydrazone groups is 1. The van der Waals surface area contributed by atoms with Crippen LogP contribution in [0.2, 0.25) is 0 Å². The van der Waals surface area contributed by atoms with Crippen molar-refractivity contribution in [1.29, 1.82) is 0 Å². The van der Waals surface area contributed by atoms with E-state index < -0.39 is 4.92 Å². The Hall–Kier alpha value is -1.91. The van der Waals surface area contributed by atoms with Gasteiger partial charge < -0.3 is 5.43 Å². The standard InChI is InChI=1S/C8H9N3O2/c1-9-10-6-7-2-4-8(5-3-7)11(12)13/h2-6,9H,1H3/b10-6-. The normalized spacial score (nSPS) is 10.2. The number of non-ortho nitro benzene ring substituents is 1. The molecule has 0 aliphatic heterocycles. The highest BCUT2D eigenvalue weighted by molar-refractivity contribution is 5.79. The highest BCUT2D eigenvalue weighted by atomic mass is 16.6. The van der Waals surface area contributed by atoms with Crippen molar-refractivity contribution in [2.45, 2.75) is 0 Å². The summed E-state index contributed by atoms with van der Waals surface area (Å²) < 4.78 is 0. The summed E-state index contributed by atoms with van der Waals surface area (Å²) in [4.78, 5) is 9.85. The van der Waals surface area contributed by atoms with Crippen molar-refractivity contribution in [3.05, 3.63) is 39.9 Å². The molecular formula is C8H9N3O2. The third kappa shape index (κ3) is 2.55. The Bertz CT molecular complexity index is 319. The van der Waals surface area contributed by atoms with Crippen molar-refractivity contribution in [1.82, 2.24) is 5.43 Å². The van der Waals surface area contributed by atoms with Crippen molar-refractivity contribution >= 4 is 11.9 Å². The third-order valence-electron chi connectivity index (χ3n) is 1.45. The Morgan fingerprint density at radius 2 is 2.08 bits per heavy atom. The molecule has 0 amide bonds. The van der Waals surface area contributed by atoms with E-state index in [1.165, 1.54) is 12.1 Å². The van der Waals surface area contributed by atoms with Gasteiger partial charge in [-0.1, -0.05) is 0 Å². The maximum Gasteiger partial charge on any atom is 0.269 e. The number of rotatable bonds is 3. The number of nitro groups is 1. The van der Waals surface area contributed by atoms with Crippen LogP contribution in [0.1, 0.15) is 5.56 Å². The van der Waals surface area contributed by atoms with Gasteiger partial charge >= 0.3 is 0 Å². The monoisotopic (exact) mass is 179 g/mol. The van der Waals surface area contributed by atoms with Gasteiger partial charge in [0.1, 0.15) is 0 Å². The van der Waals surface area contributed by atoms with Gasteiger partial charge in [-0.2, -0.15) is 5.10 Å². The molecule has 5 heteroatoms. The maximum atomic E-state index is 10.3. The molecule has 0 radical (unpaired) electrons. The van der Waals surface area contributed by atoms with Gasteiger partial charge in [-0.25, -0.2) is 0 Å². The summed E-state index contributed by atoms with van der Waals surface area (Å²) in [7, 11) is 1.68. The van der Waals surface area contributed by atoms with Crippen LogP contribution in [0.25, 0.3) is 0 Å². The highest BCUT2D eigenvalue weighted by Crippen LogP contribution is 2.10. The molecule has 1 aromatic rings. The summed E-state index contributed by atoms with van der Waals surface area (Å²) in [5, 5.41) is 14.1. The van der Waals surface area contributed by atoms with Crippen LogP contribution in [0.3, 0.4) is 0 Å². The summed E-state index contributed by atoms with van der Waals surface area (Å²) >= 11 is 0. The van der Waals surface area contributed by atoms with E-state index >= 15 is 0 Å². The van der Waals surface area contributed by atoms with Gasteiger partial charge in [-0.15, -0.1) is 0 Å². The van der Waals surface area contributed by atoms with Gasteiger partial charge in [0.25, 0.3) is 5.69 Å². The van der Waals surface area contributed by atoms with Crippen LogP contribution in [0.5, 0.6) is 0 Å². The van der Waals surface area contributed by atoms with Crippen molar-refractivity contribution in [2.75, 3.05) is 7.05 Å². The van der Waals surface area contributed by atoms with E-state index in [0.29, 0.717) is 0 Å². The molecule has 0 saturated heterocycles. The zero-order valence-corrected chi connectivity index (χ0v) is 7.10. The average molecular weight is 179 g/mol. The molecule has 0 fully saturated rings. The number of benzene rings is 1. The summed E-state index contributed by atoms with van der Waals surface area (Å²) in [6, 6.07) is 6.16. The van der Waals surface area contributed by atoms with E-state index in [1.807, 2.05) is 0 Å². The van der Waals surface area contributed by atoms with Gasteiger partial charge in [0.05, 0.1) is 11.1 Å². The molecule has 0 saturated carbocycles. The molecule has 1 aromatic carbocycles. The first-order valence-corrected chi connectivity index (χ1v) is 3.68. The fraction of sp³-hybridized carbons (Fsp3) is 0.125. The Morgan fingerprint density at radius 1 is 1.46 bits per heavy atom. The number of nitro benzene ring substituents is 1. The van der Waals surface area contributed by atoms with Gasteiger partial charge in [-0.05, 0) is 17.7 Å². The maximum absolute atomic E-state index is 10.3. The molecule has 68 valence electrons. The lowest BCUT2D eigenvalue weighted by Gasteiger charge is -1.92. The molecule has 0 bridgehead atoms. The van der Waals surface area contributed by atoms with E-state index in [0.717, 1.165) is 5.56 Å². The molecule has 1 rings (SSSR count). The largest absolute Gasteiger partial charge is 0.313 e. The second-order valence-electron chi connectivity index (χ2n) is 2.33. The number of hydrogen-bond donors (Lipinski definition) is 1. The molecule has 5 nitrogen and oxygen atoms in total. The number of hydrogen-bond acceptors (Lipinski definition) is 4. The fourth-order valence-corrected chi connectivity index (χ4v) is 0.821. The molecule has 0 aliphatic rings. The summed E-state index contributed by atoms with van der Waals surface area (Å²) in [5.41, 5.74) is 3.49. The van der Waals surface area contributed by atoms with E-state index in [4.69, 9.17) is 0 Å². The Kier molecular flexibility index (Phi) is 2.97. The second-order valence-corrected chi connectivity index (χ2v) is 2.33. The zero-order valence-electron chi connectivity index (χ0n) is 7.10. The zero-order chi connectivity index (χ0) is 9.68. The third-order valence-corrected chi connectivity index (χ3v) is 1.45. The highest BCUT2D eigenvalue weighted by Gasteiger charge is 2.01. The van der Waals surface area contributed by atoms with Crippen LogP contribution in [0.15, 0.2) is 29.4 Å². The predicted octanol–water partition coefficient (Wildman–Crippen LogP) is 1.15. The molecule has 0 aliphatic carbocycles. The smallest absolute Gasteiger partial charge is 0.269 e. The van der Waals surface area contributed by atoms with Gasteiger partial charge in [0, 0.05) is 19.2 Å². The van der Waals surface area contributed by atoms with Gasteiger partial charge in [0.2, 0.25) is 0 Å². The summed E-state index contributed by atoms with van der Waals surface area (Å²) in [6.45, 7) is 0. The van der Waals surface area contributed by atoms with Crippen molar-refractivity contribution in [2.24, 2.45) is 5.10 Å². The van der Waals surface area contributed by atoms with Gasteiger partial charge in [0.15, 0.2) is 0 Å². The lowest BCUT2D eigenvalue weighted by atomic mass is 10.2. The second kappa shape index (κ2) is 4.20. The minimum atomic E-state index is -0.432. The molecule has 0 unspecified atom stereocenters. The summed E-state index contributed by atoms with van der Waals surface area (Å²) in [6.07, 6.45) is 1.59. The molecule has 0 atom stereocenters. The lowest BCUT2D eigenvalue weighted by Crippen LogP contribution is -1.94. The molecular weight excluding hydrogens is 170 g/mol. The SMILES string of the molecule is CN/N=C\c1ccc([N+](=O)[O-])cc1. The molecule has 13 heavy (non-hydrogen) atoms. The minimum Gasteiger partial charge on any atom is -0.313 e. The number of nitrogens with one attached hydrogen (secondary N) is 1. The Morgan fingerprint density at radius 3 is 2.54 bits per heavy atom. The van der Waals surface area contributed by atoms with E-state index in [9.17, 15) is 10.1 Å². The Balaban J connectivity index is 2.81. The van der Waals surface area contributed by atoms with Gasteiger partial charge in [-0.3, -0.25) is 10.1 Å². The first kappa shape index (κ1) is 9.18. The van der Waals surface area contributed by atoms with E-state index in [2.05, 4.69) is 10.5 Å². The van der Waals surface area contributed by atoms with Crippen molar-refractivity contribution in [3.8, 4) is 0 Å². The van der Waals surface area contributed by atoms with E-state index in [-0.39, 0.29) is 5.69 Å². The molecule has 0 aromatic heterocycles. The van der Waals surface area contributed by atoms with Crippen LogP contribution >= 0.6 is 0 Å². The van der Waals surface area contributed by atoms with E-state index in [1.54, 1.807) is 25.4 Å². The average Bonchev–Trinajstić information content (AvgIpc) is 2.15. The predicted molar refractivity (Wildman–Crippen MR) is 49.8 cm³/mol. The van der Waals surface area contributed by atoms with Crippen molar-refractivity contribution < 1.29 is 4.92 Å². The van der Waals surface area contributed by atoms with Crippen LogP contribution in [0.4, 0.5) is 5.69 Å². The molecule has 0 spiro atoms. The lowest BCUT2D eigenvalue weighted by molar-refractivity contribution is -0.384. The first-order chi connectivity index (χ1) is 6.24. The van der Waals surface area contributed by atoms with Crippen LogP contribution < -0.4 is 5.43 Å². The van der Waals surface area contributed by atoms with Crippen LogP contribution in [-0.2, 0) is 0 Å². The molecule has 1 N–H and O–H groups in total. The topological polar surface area (TPSA) is 67.5 Å². The fourth-order valence-electron chi connectivity index (χ4n) is 0.821. The quantitative estimate of drug-likeness (QED) is 0.430. The summed E-state index contributed by atoms with van der Waals surface area (Å²) in [5.74, 6) is 0.